The fourth-order valence-electron chi connectivity index (χ4n) is 2.98. The van der Waals surface area contributed by atoms with Gasteiger partial charge in [0.2, 0.25) is 0 Å². The maximum atomic E-state index is 12.6. The fourth-order valence-corrected chi connectivity index (χ4v) is 4.70. The Morgan fingerprint density at radius 2 is 1.93 bits per heavy atom. The normalized spacial score (nSPS) is 12.2. The van der Waals surface area contributed by atoms with Crippen molar-refractivity contribution in [1.29, 1.82) is 0 Å². The number of aryl methyl sites for hydroxylation is 1. The molecule has 0 radical (unpaired) electrons. The second kappa shape index (κ2) is 8.76. The number of nitrogens with zero attached hydrogens (tertiary/aromatic N) is 2. The van der Waals surface area contributed by atoms with Crippen LogP contribution in [0.15, 0.2) is 52.4 Å². The summed E-state index contributed by atoms with van der Waals surface area (Å²) >= 11 is 1.43. The molecule has 1 heterocycles. The Labute approximate surface area is 174 Å². The van der Waals surface area contributed by atoms with E-state index in [1.807, 2.05) is 10.6 Å². The third-order valence-electron chi connectivity index (χ3n) is 4.54. The van der Waals surface area contributed by atoms with Crippen LogP contribution in [0.3, 0.4) is 0 Å². The summed E-state index contributed by atoms with van der Waals surface area (Å²) in [6.45, 7) is 2.48. The summed E-state index contributed by atoms with van der Waals surface area (Å²) in [5.74, 6) is 2.18. The number of benzene rings is 2. The van der Waals surface area contributed by atoms with Crippen LogP contribution in [0.4, 0.5) is 0 Å². The Bertz CT molecular complexity index is 1260. The first-order chi connectivity index (χ1) is 13.8. The predicted octanol–water partition coefficient (Wildman–Crippen LogP) is 3.82. The smallest absolute Gasteiger partial charge is 0.279 e. The van der Waals surface area contributed by atoms with E-state index in [0.717, 1.165) is 35.7 Å². The first-order valence-corrected chi connectivity index (χ1v) is 12.0. The number of carbonyl (C=O) groups excluding carboxylic acids is 1. The molecule has 29 heavy (non-hydrogen) atoms. The zero-order valence-electron chi connectivity index (χ0n) is 16.4. The summed E-state index contributed by atoms with van der Waals surface area (Å²) in [7, 11) is -3.31. The number of rotatable bonds is 6. The summed E-state index contributed by atoms with van der Waals surface area (Å²) in [5, 5.41) is 0. The zero-order chi connectivity index (χ0) is 21.0. The zero-order valence-corrected chi connectivity index (χ0v) is 18.0. The van der Waals surface area contributed by atoms with Crippen molar-refractivity contribution in [3.8, 4) is 12.3 Å². The highest BCUT2D eigenvalue weighted by Gasteiger charge is 2.11. The van der Waals surface area contributed by atoms with Gasteiger partial charge in [0.1, 0.15) is 0 Å². The van der Waals surface area contributed by atoms with Gasteiger partial charge < -0.3 is 4.57 Å². The number of fused-ring (bicyclic) bond motifs is 1. The highest BCUT2D eigenvalue weighted by Crippen LogP contribution is 2.21. The molecule has 0 saturated carbocycles. The lowest BCUT2D eigenvalue weighted by Crippen LogP contribution is -2.16. The van der Waals surface area contributed by atoms with Crippen LogP contribution in [-0.2, 0) is 22.8 Å². The van der Waals surface area contributed by atoms with Gasteiger partial charge in [-0.3, -0.25) is 4.79 Å². The SMILES string of the molecule is C#CCn1c(=NC(=O)c2ccc(S(C)(=O)=O)cc2)sc2cc(CCCC)ccc21. The fraction of sp³-hybridized carbons (Fsp3) is 0.273. The second-order valence-corrected chi connectivity index (χ2v) is 9.82. The Balaban J connectivity index is 2.02. The lowest BCUT2D eigenvalue weighted by molar-refractivity contribution is 0.0998. The van der Waals surface area contributed by atoms with Crippen LogP contribution in [0.5, 0.6) is 0 Å². The van der Waals surface area contributed by atoms with E-state index < -0.39 is 15.7 Å². The van der Waals surface area contributed by atoms with E-state index in [1.165, 1.54) is 41.2 Å². The molecule has 0 unspecified atom stereocenters. The molecule has 0 spiro atoms. The van der Waals surface area contributed by atoms with Crippen molar-refractivity contribution in [1.82, 2.24) is 4.57 Å². The number of thiazole rings is 1. The van der Waals surface area contributed by atoms with Gasteiger partial charge in [0.25, 0.3) is 5.91 Å². The van der Waals surface area contributed by atoms with Gasteiger partial charge in [-0.05, 0) is 54.8 Å². The molecule has 0 atom stereocenters. The first-order valence-electron chi connectivity index (χ1n) is 9.28. The minimum Gasteiger partial charge on any atom is -0.305 e. The first kappa shape index (κ1) is 21.0. The summed E-state index contributed by atoms with van der Waals surface area (Å²) in [6, 6.07) is 12.0. The molecule has 0 fully saturated rings. The van der Waals surface area contributed by atoms with Gasteiger partial charge >= 0.3 is 0 Å². The Morgan fingerprint density at radius 1 is 1.21 bits per heavy atom. The quantitative estimate of drug-likeness (QED) is 0.563. The predicted molar refractivity (Wildman–Crippen MR) is 117 cm³/mol. The van der Waals surface area contributed by atoms with E-state index in [-0.39, 0.29) is 4.90 Å². The lowest BCUT2D eigenvalue weighted by atomic mass is 10.1. The van der Waals surface area contributed by atoms with Crippen molar-refractivity contribution >= 4 is 37.3 Å². The Morgan fingerprint density at radius 3 is 2.55 bits per heavy atom. The summed E-state index contributed by atoms with van der Waals surface area (Å²) in [6.07, 6.45) is 9.92. The molecule has 0 saturated heterocycles. The molecule has 3 rings (SSSR count). The van der Waals surface area contributed by atoms with Crippen molar-refractivity contribution in [2.24, 2.45) is 4.99 Å². The molecule has 0 N–H and O–H groups in total. The standard InChI is InChI=1S/C22H22N2O3S2/c1-4-6-7-16-8-13-19-20(15-16)28-22(24(19)14-5-2)23-21(25)17-9-11-18(12-10-17)29(3,26)27/h2,8-13,15H,4,6-7,14H2,1,3H3. The molecule has 7 heteroatoms. The maximum absolute atomic E-state index is 12.6. The molecule has 3 aromatic rings. The Kier molecular flexibility index (Phi) is 6.36. The van der Waals surface area contributed by atoms with E-state index in [4.69, 9.17) is 6.42 Å². The minimum absolute atomic E-state index is 0.165. The van der Waals surface area contributed by atoms with Gasteiger partial charge in [-0.2, -0.15) is 4.99 Å². The van der Waals surface area contributed by atoms with E-state index in [9.17, 15) is 13.2 Å². The van der Waals surface area contributed by atoms with Gasteiger partial charge in [0.05, 0.1) is 21.7 Å². The van der Waals surface area contributed by atoms with Crippen LogP contribution in [0.25, 0.3) is 10.2 Å². The molecule has 0 bridgehead atoms. The van der Waals surface area contributed by atoms with Gasteiger partial charge in [-0.1, -0.05) is 36.7 Å². The molecule has 0 aliphatic heterocycles. The Hall–Kier alpha value is -2.69. The second-order valence-electron chi connectivity index (χ2n) is 6.79. The molecule has 1 aromatic heterocycles. The van der Waals surface area contributed by atoms with Crippen molar-refractivity contribution in [2.75, 3.05) is 6.26 Å². The summed E-state index contributed by atoms with van der Waals surface area (Å²) in [4.78, 5) is 17.6. The summed E-state index contributed by atoms with van der Waals surface area (Å²) < 4.78 is 26.1. The number of amides is 1. The molecule has 0 aliphatic carbocycles. The molecule has 0 aliphatic rings. The number of unbranched alkanes of at least 4 members (excludes halogenated alkanes) is 1. The van der Waals surface area contributed by atoms with E-state index >= 15 is 0 Å². The lowest BCUT2D eigenvalue weighted by Gasteiger charge is -2.02. The highest BCUT2D eigenvalue weighted by atomic mass is 32.2. The van der Waals surface area contributed by atoms with Gasteiger partial charge in [0.15, 0.2) is 14.6 Å². The van der Waals surface area contributed by atoms with Crippen LogP contribution in [0, 0.1) is 12.3 Å². The van der Waals surface area contributed by atoms with Crippen molar-refractivity contribution in [3.05, 3.63) is 58.4 Å². The molecular weight excluding hydrogens is 404 g/mol. The number of hydrogen-bond donors (Lipinski definition) is 0. The van der Waals surface area contributed by atoms with Crippen molar-refractivity contribution in [2.45, 2.75) is 37.6 Å². The molecular formula is C22H22N2O3S2. The monoisotopic (exact) mass is 426 g/mol. The third kappa shape index (κ3) is 4.84. The topological polar surface area (TPSA) is 68.5 Å². The number of sulfone groups is 1. The van der Waals surface area contributed by atoms with Crippen LogP contribution in [0.1, 0.15) is 35.7 Å². The number of aromatic nitrogens is 1. The van der Waals surface area contributed by atoms with E-state index in [0.29, 0.717) is 16.9 Å². The average Bonchev–Trinajstić information content (AvgIpc) is 3.02. The highest BCUT2D eigenvalue weighted by molar-refractivity contribution is 7.90. The van der Waals surface area contributed by atoms with E-state index in [2.05, 4.69) is 30.0 Å². The third-order valence-corrected chi connectivity index (χ3v) is 6.71. The number of terminal acetylenes is 1. The molecule has 2 aromatic carbocycles. The summed E-state index contributed by atoms with van der Waals surface area (Å²) in [5.41, 5.74) is 2.53. The van der Waals surface area contributed by atoms with Gasteiger partial charge in [-0.15, -0.1) is 6.42 Å². The average molecular weight is 427 g/mol. The van der Waals surface area contributed by atoms with E-state index in [1.54, 1.807) is 0 Å². The van der Waals surface area contributed by atoms with Crippen molar-refractivity contribution < 1.29 is 13.2 Å². The minimum atomic E-state index is -3.31. The van der Waals surface area contributed by atoms with Crippen LogP contribution < -0.4 is 4.80 Å². The van der Waals surface area contributed by atoms with Gasteiger partial charge in [0, 0.05) is 11.8 Å². The van der Waals surface area contributed by atoms with Crippen LogP contribution in [0.2, 0.25) is 0 Å². The van der Waals surface area contributed by atoms with Gasteiger partial charge in [-0.25, -0.2) is 8.42 Å². The van der Waals surface area contributed by atoms with Crippen LogP contribution >= 0.6 is 11.3 Å². The number of carbonyl (C=O) groups is 1. The molecule has 150 valence electrons. The number of hydrogen-bond acceptors (Lipinski definition) is 4. The largest absolute Gasteiger partial charge is 0.305 e. The maximum Gasteiger partial charge on any atom is 0.279 e. The molecule has 5 nitrogen and oxygen atoms in total. The van der Waals surface area contributed by atoms with Crippen LogP contribution in [-0.4, -0.2) is 25.1 Å². The molecule has 1 amide bonds. The van der Waals surface area contributed by atoms with Crippen molar-refractivity contribution in [3.63, 3.8) is 0 Å².